The number of hydrogen-bond donors (Lipinski definition) is 2. The maximum atomic E-state index is 12.9. The third-order valence-electron chi connectivity index (χ3n) is 3.41. The van der Waals surface area contributed by atoms with Gasteiger partial charge in [0.25, 0.3) is 15.9 Å². The second-order valence-electron chi connectivity index (χ2n) is 5.31. The van der Waals surface area contributed by atoms with Gasteiger partial charge in [0.2, 0.25) is 0 Å². The summed E-state index contributed by atoms with van der Waals surface area (Å²) >= 11 is 0. The molecule has 2 N–H and O–H groups in total. The van der Waals surface area contributed by atoms with Gasteiger partial charge in [0.05, 0.1) is 4.90 Å². The van der Waals surface area contributed by atoms with Crippen molar-refractivity contribution in [2.75, 3.05) is 10.0 Å². The standard InChI is InChI=1S/C18H14FN3O3S/c19-14-7-9-15(10-8-14)22-26(24,25)16-5-3-4-13(12-16)18(23)21-17-6-1-2-11-20-17/h1-12,22H,(H,20,21,23). The molecular formula is C18H14FN3O3S. The SMILES string of the molecule is O=C(Nc1ccccn1)c1cccc(S(=O)(=O)Nc2ccc(F)cc2)c1. The van der Waals surface area contributed by atoms with E-state index >= 15 is 0 Å². The van der Waals surface area contributed by atoms with E-state index in [0.717, 1.165) is 12.1 Å². The zero-order valence-electron chi connectivity index (χ0n) is 13.4. The van der Waals surface area contributed by atoms with Crippen molar-refractivity contribution in [3.8, 4) is 0 Å². The molecule has 1 aromatic heterocycles. The second-order valence-corrected chi connectivity index (χ2v) is 6.99. The van der Waals surface area contributed by atoms with E-state index in [2.05, 4.69) is 15.0 Å². The molecule has 26 heavy (non-hydrogen) atoms. The molecule has 0 aliphatic carbocycles. The van der Waals surface area contributed by atoms with Gasteiger partial charge in [-0.15, -0.1) is 0 Å². The van der Waals surface area contributed by atoms with Crippen LogP contribution in [0.4, 0.5) is 15.9 Å². The minimum absolute atomic E-state index is 0.0875. The molecule has 0 bridgehead atoms. The zero-order valence-corrected chi connectivity index (χ0v) is 14.2. The summed E-state index contributed by atoms with van der Waals surface area (Å²) in [5.74, 6) is -0.598. The van der Waals surface area contributed by atoms with Crippen LogP contribution in [0.1, 0.15) is 10.4 Å². The fraction of sp³-hybridized carbons (Fsp3) is 0. The van der Waals surface area contributed by atoms with Gasteiger partial charge < -0.3 is 5.32 Å². The van der Waals surface area contributed by atoms with E-state index in [0.29, 0.717) is 5.82 Å². The van der Waals surface area contributed by atoms with E-state index in [1.165, 1.54) is 42.6 Å². The first kappa shape index (κ1) is 17.6. The molecule has 1 heterocycles. The Hall–Kier alpha value is -3.26. The molecule has 2 aromatic carbocycles. The summed E-state index contributed by atoms with van der Waals surface area (Å²) < 4.78 is 40.2. The number of nitrogens with one attached hydrogen (secondary N) is 2. The van der Waals surface area contributed by atoms with Crippen LogP contribution in [-0.2, 0) is 10.0 Å². The lowest BCUT2D eigenvalue weighted by Gasteiger charge is -2.09. The Labute approximate surface area is 149 Å². The number of anilines is 2. The predicted molar refractivity (Wildman–Crippen MR) is 95.8 cm³/mol. The van der Waals surface area contributed by atoms with Gasteiger partial charge in [-0.05, 0) is 54.6 Å². The van der Waals surface area contributed by atoms with Crippen LogP contribution in [0, 0.1) is 5.82 Å². The van der Waals surface area contributed by atoms with Gasteiger partial charge in [-0.25, -0.2) is 17.8 Å². The third kappa shape index (κ3) is 4.22. The first-order chi connectivity index (χ1) is 12.4. The van der Waals surface area contributed by atoms with E-state index in [4.69, 9.17) is 0 Å². The van der Waals surface area contributed by atoms with Crippen LogP contribution in [0.15, 0.2) is 77.8 Å². The first-order valence-corrected chi connectivity index (χ1v) is 9.03. The van der Waals surface area contributed by atoms with Crippen molar-refractivity contribution in [1.82, 2.24) is 4.98 Å². The molecule has 0 fully saturated rings. The van der Waals surface area contributed by atoms with E-state index in [1.807, 2.05) is 0 Å². The first-order valence-electron chi connectivity index (χ1n) is 7.55. The van der Waals surface area contributed by atoms with Crippen molar-refractivity contribution in [2.24, 2.45) is 0 Å². The molecule has 0 aliphatic heterocycles. The Kier molecular flexibility index (Phi) is 4.94. The number of aromatic nitrogens is 1. The molecule has 0 atom stereocenters. The quantitative estimate of drug-likeness (QED) is 0.720. The van der Waals surface area contributed by atoms with Crippen LogP contribution in [0.25, 0.3) is 0 Å². The molecule has 6 nitrogen and oxygen atoms in total. The molecular weight excluding hydrogens is 357 g/mol. The molecule has 3 rings (SSSR count). The minimum Gasteiger partial charge on any atom is -0.307 e. The summed E-state index contributed by atoms with van der Waals surface area (Å²) in [4.78, 5) is 16.2. The maximum Gasteiger partial charge on any atom is 0.261 e. The fourth-order valence-electron chi connectivity index (χ4n) is 2.16. The number of hydrogen-bond acceptors (Lipinski definition) is 4. The Morgan fingerprint density at radius 3 is 2.42 bits per heavy atom. The van der Waals surface area contributed by atoms with Crippen molar-refractivity contribution in [2.45, 2.75) is 4.90 Å². The number of halogens is 1. The molecule has 0 aliphatic rings. The zero-order chi connectivity index (χ0) is 18.6. The van der Waals surface area contributed by atoms with Gasteiger partial charge in [-0.3, -0.25) is 9.52 Å². The van der Waals surface area contributed by atoms with Gasteiger partial charge >= 0.3 is 0 Å². The van der Waals surface area contributed by atoms with Gasteiger partial charge in [-0.2, -0.15) is 0 Å². The molecule has 132 valence electrons. The Balaban J connectivity index is 1.81. The monoisotopic (exact) mass is 371 g/mol. The summed E-state index contributed by atoms with van der Waals surface area (Å²) in [6, 6.07) is 15.5. The number of carbonyl (C=O) groups is 1. The number of benzene rings is 2. The van der Waals surface area contributed by atoms with Crippen LogP contribution in [0.2, 0.25) is 0 Å². The van der Waals surface area contributed by atoms with Crippen molar-refractivity contribution >= 4 is 27.4 Å². The number of pyridine rings is 1. The van der Waals surface area contributed by atoms with Gasteiger partial charge in [0, 0.05) is 17.4 Å². The van der Waals surface area contributed by atoms with Gasteiger partial charge in [0.1, 0.15) is 11.6 Å². The second kappa shape index (κ2) is 7.32. The van der Waals surface area contributed by atoms with Gasteiger partial charge in [0.15, 0.2) is 0 Å². The molecule has 0 saturated carbocycles. The smallest absolute Gasteiger partial charge is 0.261 e. The predicted octanol–water partition coefficient (Wildman–Crippen LogP) is 3.27. The fourth-order valence-corrected chi connectivity index (χ4v) is 3.27. The average molecular weight is 371 g/mol. The summed E-state index contributed by atoms with van der Waals surface area (Å²) in [5, 5.41) is 2.59. The van der Waals surface area contributed by atoms with Crippen LogP contribution in [-0.4, -0.2) is 19.3 Å². The van der Waals surface area contributed by atoms with Crippen molar-refractivity contribution in [3.05, 3.63) is 84.3 Å². The number of sulfonamides is 1. The highest BCUT2D eigenvalue weighted by molar-refractivity contribution is 7.92. The third-order valence-corrected chi connectivity index (χ3v) is 4.79. The van der Waals surface area contributed by atoms with E-state index in [1.54, 1.807) is 18.2 Å². The molecule has 8 heteroatoms. The number of carbonyl (C=O) groups excluding carboxylic acids is 1. The number of nitrogens with zero attached hydrogens (tertiary/aromatic N) is 1. The van der Waals surface area contributed by atoms with Crippen LogP contribution < -0.4 is 10.0 Å². The summed E-state index contributed by atoms with van der Waals surface area (Å²) in [6.07, 6.45) is 1.53. The molecule has 3 aromatic rings. The van der Waals surface area contributed by atoms with Crippen LogP contribution >= 0.6 is 0 Å². The normalized spacial score (nSPS) is 11.0. The van der Waals surface area contributed by atoms with E-state index < -0.39 is 21.7 Å². The van der Waals surface area contributed by atoms with Crippen LogP contribution in [0.3, 0.4) is 0 Å². The summed E-state index contributed by atoms with van der Waals surface area (Å²) in [6.45, 7) is 0. The molecule has 0 unspecified atom stereocenters. The Morgan fingerprint density at radius 1 is 0.962 bits per heavy atom. The number of amides is 1. The Morgan fingerprint density at radius 2 is 1.73 bits per heavy atom. The van der Waals surface area contributed by atoms with E-state index in [9.17, 15) is 17.6 Å². The van der Waals surface area contributed by atoms with Gasteiger partial charge in [-0.1, -0.05) is 12.1 Å². The minimum atomic E-state index is -3.92. The topological polar surface area (TPSA) is 88.2 Å². The molecule has 0 spiro atoms. The Bertz CT molecular complexity index is 1020. The average Bonchev–Trinajstić information content (AvgIpc) is 2.64. The van der Waals surface area contributed by atoms with Crippen molar-refractivity contribution in [1.29, 1.82) is 0 Å². The van der Waals surface area contributed by atoms with Crippen molar-refractivity contribution in [3.63, 3.8) is 0 Å². The molecule has 0 radical (unpaired) electrons. The number of rotatable bonds is 5. The highest BCUT2D eigenvalue weighted by Gasteiger charge is 2.17. The largest absolute Gasteiger partial charge is 0.307 e. The van der Waals surface area contributed by atoms with Crippen molar-refractivity contribution < 1.29 is 17.6 Å². The highest BCUT2D eigenvalue weighted by atomic mass is 32.2. The lowest BCUT2D eigenvalue weighted by Crippen LogP contribution is -2.16. The molecule has 0 saturated heterocycles. The lowest BCUT2D eigenvalue weighted by molar-refractivity contribution is 0.102. The summed E-state index contributed by atoms with van der Waals surface area (Å²) in [7, 11) is -3.92. The summed E-state index contributed by atoms with van der Waals surface area (Å²) in [5.41, 5.74) is 0.382. The maximum absolute atomic E-state index is 12.9. The van der Waals surface area contributed by atoms with Crippen LogP contribution in [0.5, 0.6) is 0 Å². The highest BCUT2D eigenvalue weighted by Crippen LogP contribution is 2.18. The lowest BCUT2D eigenvalue weighted by atomic mass is 10.2. The molecule has 1 amide bonds. The van der Waals surface area contributed by atoms with E-state index in [-0.39, 0.29) is 16.1 Å².